The second-order valence-electron chi connectivity index (χ2n) is 5.59. The van der Waals surface area contributed by atoms with Crippen molar-refractivity contribution in [2.24, 2.45) is 0 Å². The van der Waals surface area contributed by atoms with Crippen LogP contribution in [0.25, 0.3) is 0 Å². The zero-order chi connectivity index (χ0) is 17.8. The van der Waals surface area contributed by atoms with Crippen molar-refractivity contribution in [2.75, 3.05) is 0 Å². The van der Waals surface area contributed by atoms with Crippen LogP contribution in [0.2, 0.25) is 0 Å². The molecule has 130 valence electrons. The van der Waals surface area contributed by atoms with Crippen molar-refractivity contribution in [1.29, 1.82) is 0 Å². The van der Waals surface area contributed by atoms with Gasteiger partial charge in [-0.2, -0.15) is 0 Å². The first kappa shape index (κ1) is 17.2. The van der Waals surface area contributed by atoms with E-state index < -0.39 is 11.2 Å². The van der Waals surface area contributed by atoms with Gasteiger partial charge in [-0.1, -0.05) is 42.1 Å². The molecule has 0 fully saturated rings. The number of aryl methyl sites for hydroxylation is 1. The van der Waals surface area contributed by atoms with Crippen molar-refractivity contribution < 1.29 is 10.2 Å². The molecule has 0 amide bonds. The second-order valence-corrected chi connectivity index (χ2v) is 6.52. The van der Waals surface area contributed by atoms with Crippen LogP contribution in [-0.4, -0.2) is 20.2 Å². The summed E-state index contributed by atoms with van der Waals surface area (Å²) in [7, 11) is 0. The first-order valence-electron chi connectivity index (χ1n) is 7.68. The largest absolute Gasteiger partial charge is 0.410 e. The molecule has 3 aromatic rings. The Balaban J connectivity index is 1.66. The maximum Gasteiger partial charge on any atom is 0.325 e. The van der Waals surface area contributed by atoms with Crippen molar-refractivity contribution in [3.63, 3.8) is 0 Å². The van der Waals surface area contributed by atoms with E-state index >= 15 is 0 Å². The Morgan fingerprint density at radius 3 is 2.68 bits per heavy atom. The van der Waals surface area contributed by atoms with Gasteiger partial charge in [-0.25, -0.2) is 4.79 Å². The van der Waals surface area contributed by atoms with Gasteiger partial charge >= 0.3 is 5.69 Å². The summed E-state index contributed by atoms with van der Waals surface area (Å²) in [5.74, 6) is 0.776. The van der Waals surface area contributed by atoms with E-state index in [9.17, 15) is 9.59 Å². The van der Waals surface area contributed by atoms with Crippen LogP contribution in [0.15, 0.2) is 49.6 Å². The summed E-state index contributed by atoms with van der Waals surface area (Å²) < 4.78 is 5.64. The molecule has 1 atom stereocenters. The third-order valence-electron chi connectivity index (χ3n) is 3.69. The molecule has 0 saturated carbocycles. The van der Waals surface area contributed by atoms with Crippen LogP contribution in [0, 0.1) is 6.92 Å². The van der Waals surface area contributed by atoms with Gasteiger partial charge in [-0.15, -0.1) is 10.2 Å². The molecule has 0 aliphatic heterocycles. The van der Waals surface area contributed by atoms with Crippen LogP contribution in [0.5, 0.6) is 0 Å². The molecule has 5 N–H and O–H groups in total. The lowest BCUT2D eigenvalue weighted by Crippen LogP contribution is -2.54. The summed E-state index contributed by atoms with van der Waals surface area (Å²) >= 11 is 1.24. The third-order valence-corrected chi connectivity index (χ3v) is 4.54. The van der Waals surface area contributed by atoms with Crippen LogP contribution in [0.1, 0.15) is 28.8 Å². The van der Waals surface area contributed by atoms with Gasteiger partial charge in [-0.05, 0) is 12.5 Å². The SMILES string of the molecule is Cc1[nH]c(=O)[nH]c(=O)c1CSc1nnc([C@@H]([NH3+])Cc2ccccc2)o1. The predicted octanol–water partition coefficient (Wildman–Crippen LogP) is 0.573. The first-order chi connectivity index (χ1) is 12.0. The van der Waals surface area contributed by atoms with Crippen LogP contribution in [0.4, 0.5) is 0 Å². The lowest BCUT2D eigenvalue weighted by molar-refractivity contribution is -0.431. The van der Waals surface area contributed by atoms with Crippen LogP contribution in [-0.2, 0) is 12.2 Å². The van der Waals surface area contributed by atoms with Crippen molar-refractivity contribution in [3.05, 3.63) is 73.9 Å². The molecule has 3 rings (SSSR count). The molecule has 0 aliphatic rings. The van der Waals surface area contributed by atoms with Crippen molar-refractivity contribution in [1.82, 2.24) is 20.2 Å². The number of rotatable bonds is 6. The standard InChI is InChI=1S/C16H17N5O3S/c1-9-11(13(22)19-15(23)18-9)8-25-16-21-20-14(24-16)12(17)7-10-5-3-2-4-6-10/h2-6,12H,7-8,17H2,1H3,(H2,18,19,22,23)/p+1/t12-/m0/s1. The van der Waals surface area contributed by atoms with Gasteiger partial charge in [0.15, 0.2) is 6.04 Å². The number of hydrogen-bond donors (Lipinski definition) is 3. The maximum absolute atomic E-state index is 11.8. The number of quaternary nitrogens is 1. The van der Waals surface area contributed by atoms with E-state index in [1.165, 1.54) is 11.8 Å². The Morgan fingerprint density at radius 2 is 1.96 bits per heavy atom. The van der Waals surface area contributed by atoms with E-state index in [1.807, 2.05) is 30.3 Å². The smallest absolute Gasteiger partial charge is 0.325 e. The molecule has 0 spiro atoms. The third kappa shape index (κ3) is 4.25. The Bertz CT molecular complexity index is 964. The molecule has 25 heavy (non-hydrogen) atoms. The van der Waals surface area contributed by atoms with E-state index in [1.54, 1.807) is 6.92 Å². The maximum atomic E-state index is 11.8. The normalized spacial score (nSPS) is 12.2. The molecule has 1 aromatic carbocycles. The molecule has 0 unspecified atom stereocenters. The molecular formula is C16H18N5O3S+. The van der Waals surface area contributed by atoms with Gasteiger partial charge in [0.2, 0.25) is 0 Å². The van der Waals surface area contributed by atoms with E-state index in [0.29, 0.717) is 34.5 Å². The summed E-state index contributed by atoms with van der Waals surface area (Å²) in [6.45, 7) is 1.68. The van der Waals surface area contributed by atoms with Crippen LogP contribution >= 0.6 is 11.8 Å². The molecule has 8 nitrogen and oxygen atoms in total. The predicted molar refractivity (Wildman–Crippen MR) is 92.1 cm³/mol. The zero-order valence-electron chi connectivity index (χ0n) is 13.6. The fourth-order valence-electron chi connectivity index (χ4n) is 2.36. The minimum atomic E-state index is -0.517. The van der Waals surface area contributed by atoms with Crippen molar-refractivity contribution >= 4 is 11.8 Å². The van der Waals surface area contributed by atoms with Gasteiger partial charge in [0.25, 0.3) is 16.7 Å². The lowest BCUT2D eigenvalue weighted by atomic mass is 10.1. The molecular weight excluding hydrogens is 342 g/mol. The number of aromatic nitrogens is 4. The van der Waals surface area contributed by atoms with Gasteiger partial charge in [-0.3, -0.25) is 9.78 Å². The number of nitrogens with zero attached hydrogens (tertiary/aromatic N) is 2. The molecule has 2 aromatic heterocycles. The monoisotopic (exact) mass is 360 g/mol. The minimum absolute atomic E-state index is 0.150. The number of thioether (sulfide) groups is 1. The number of nitrogens with one attached hydrogen (secondary N) is 2. The number of H-pyrrole nitrogens is 2. The molecule has 2 heterocycles. The topological polar surface area (TPSA) is 132 Å². The van der Waals surface area contributed by atoms with E-state index in [2.05, 4.69) is 25.9 Å². The molecule has 0 aliphatic carbocycles. The average molecular weight is 360 g/mol. The van der Waals surface area contributed by atoms with Crippen molar-refractivity contribution in [3.8, 4) is 0 Å². The van der Waals surface area contributed by atoms with Gasteiger partial charge in [0, 0.05) is 23.4 Å². The molecule has 0 radical (unpaired) electrons. The Kier molecular flexibility index (Phi) is 5.15. The van der Waals surface area contributed by atoms with E-state index in [0.717, 1.165) is 5.56 Å². The summed E-state index contributed by atoms with van der Waals surface area (Å²) in [5.41, 5.74) is 5.29. The van der Waals surface area contributed by atoms with Crippen LogP contribution in [0.3, 0.4) is 0 Å². The number of hydrogen-bond acceptors (Lipinski definition) is 6. The van der Waals surface area contributed by atoms with E-state index in [-0.39, 0.29) is 6.04 Å². The first-order valence-corrected chi connectivity index (χ1v) is 8.67. The van der Waals surface area contributed by atoms with Gasteiger partial charge in [0.05, 0.1) is 0 Å². The van der Waals surface area contributed by atoms with Crippen molar-refractivity contribution in [2.45, 2.75) is 30.4 Å². The fraction of sp³-hybridized carbons (Fsp3) is 0.250. The second kappa shape index (κ2) is 7.49. The highest BCUT2D eigenvalue weighted by Crippen LogP contribution is 2.23. The number of benzene rings is 1. The van der Waals surface area contributed by atoms with E-state index in [4.69, 9.17) is 4.42 Å². The summed E-state index contributed by atoms with van der Waals surface area (Å²) in [6, 6.07) is 9.80. The summed E-state index contributed by atoms with van der Waals surface area (Å²) in [6.07, 6.45) is 0.700. The fourth-order valence-corrected chi connectivity index (χ4v) is 3.22. The Hall–Kier alpha value is -2.65. The average Bonchev–Trinajstić information content (AvgIpc) is 3.04. The zero-order valence-corrected chi connectivity index (χ0v) is 14.4. The Labute approximate surface area is 146 Å². The lowest BCUT2D eigenvalue weighted by Gasteiger charge is -2.03. The molecule has 0 saturated heterocycles. The Morgan fingerprint density at radius 1 is 1.20 bits per heavy atom. The van der Waals surface area contributed by atoms with Gasteiger partial charge in [0.1, 0.15) is 0 Å². The highest BCUT2D eigenvalue weighted by molar-refractivity contribution is 7.98. The molecule has 9 heteroatoms. The highest BCUT2D eigenvalue weighted by atomic mass is 32.2. The summed E-state index contributed by atoms with van der Waals surface area (Å²) in [4.78, 5) is 27.8. The minimum Gasteiger partial charge on any atom is -0.410 e. The quantitative estimate of drug-likeness (QED) is 0.551. The highest BCUT2D eigenvalue weighted by Gasteiger charge is 2.19. The molecule has 0 bridgehead atoms. The number of aromatic amines is 2. The summed E-state index contributed by atoms with van der Waals surface area (Å²) in [5, 5.41) is 8.40. The van der Waals surface area contributed by atoms with Crippen LogP contribution < -0.4 is 17.0 Å². The van der Waals surface area contributed by atoms with Gasteiger partial charge < -0.3 is 15.1 Å².